The molecule has 0 saturated heterocycles. The van der Waals surface area contributed by atoms with Crippen molar-refractivity contribution < 1.29 is 4.74 Å². The van der Waals surface area contributed by atoms with Crippen molar-refractivity contribution in [1.29, 1.82) is 0 Å². The maximum atomic E-state index is 12.1. The number of H-pyrrole nitrogens is 1. The van der Waals surface area contributed by atoms with Crippen molar-refractivity contribution in [2.75, 3.05) is 0 Å². The van der Waals surface area contributed by atoms with Gasteiger partial charge in [0.15, 0.2) is 0 Å². The first-order valence-electron chi connectivity index (χ1n) is 10.8. The summed E-state index contributed by atoms with van der Waals surface area (Å²) in [6, 6.07) is 16.2. The predicted octanol–water partition coefficient (Wildman–Crippen LogP) is 4.99. The Morgan fingerprint density at radius 1 is 1.03 bits per heavy atom. The number of hydrogen-bond acceptors (Lipinski definition) is 3. The predicted molar refractivity (Wildman–Crippen MR) is 119 cm³/mol. The van der Waals surface area contributed by atoms with Crippen LogP contribution in [-0.2, 0) is 5.54 Å². The molecule has 1 heterocycles. The Kier molecular flexibility index (Phi) is 3.91. The Morgan fingerprint density at radius 3 is 2.50 bits per heavy atom. The second-order valence-electron chi connectivity index (χ2n) is 9.60. The minimum atomic E-state index is -0.272. The second kappa shape index (κ2) is 6.35. The van der Waals surface area contributed by atoms with Crippen LogP contribution in [-0.4, -0.2) is 10.6 Å². The number of halogens is 1. The monoisotopic (exact) mass is 420 g/mol. The molecule has 0 spiro atoms. The summed E-state index contributed by atoms with van der Waals surface area (Å²) in [5.74, 6) is 2.16. The van der Waals surface area contributed by atoms with Gasteiger partial charge >= 0.3 is 0 Å². The number of fused-ring (bicyclic) bond motifs is 1. The van der Waals surface area contributed by atoms with Gasteiger partial charge in [-0.2, -0.15) is 0 Å². The van der Waals surface area contributed by atoms with Crippen molar-refractivity contribution in [3.63, 3.8) is 0 Å². The molecule has 4 aliphatic rings. The van der Waals surface area contributed by atoms with Crippen molar-refractivity contribution in [2.45, 2.75) is 43.2 Å². The van der Waals surface area contributed by atoms with Gasteiger partial charge in [-0.3, -0.25) is 4.79 Å². The molecular weight excluding hydrogens is 396 g/mol. The lowest BCUT2D eigenvalue weighted by molar-refractivity contribution is -0.149. The van der Waals surface area contributed by atoms with E-state index in [1.54, 1.807) is 12.3 Å². The second-order valence-corrected chi connectivity index (χ2v) is 10.0. The van der Waals surface area contributed by atoms with Crippen molar-refractivity contribution in [3.05, 3.63) is 75.7 Å². The van der Waals surface area contributed by atoms with Crippen LogP contribution in [0.3, 0.4) is 0 Å². The SMILES string of the molecule is NC1(c2ccccc2)C2CC3CC1CC(Oc1cc4cc[nH]c(=O)c4cc1Cl)(C3)C2. The smallest absolute Gasteiger partial charge is 0.255 e. The maximum Gasteiger partial charge on any atom is 0.255 e. The van der Waals surface area contributed by atoms with Gasteiger partial charge in [0.2, 0.25) is 0 Å². The van der Waals surface area contributed by atoms with Crippen LogP contribution >= 0.6 is 11.6 Å². The molecule has 3 aromatic rings. The van der Waals surface area contributed by atoms with Crippen LogP contribution < -0.4 is 16.0 Å². The number of benzene rings is 2. The minimum Gasteiger partial charge on any atom is -0.486 e. The number of nitrogens with one attached hydrogen (secondary N) is 1. The molecule has 2 unspecified atom stereocenters. The highest BCUT2D eigenvalue weighted by Crippen LogP contribution is 2.63. The summed E-state index contributed by atoms with van der Waals surface area (Å²) >= 11 is 6.56. The van der Waals surface area contributed by atoms with Gasteiger partial charge in [-0.15, -0.1) is 0 Å². The summed E-state index contributed by atoms with van der Waals surface area (Å²) in [5.41, 5.74) is 7.81. The van der Waals surface area contributed by atoms with E-state index in [2.05, 4.69) is 35.3 Å². The number of rotatable bonds is 3. The lowest BCUT2D eigenvalue weighted by atomic mass is 9.46. The van der Waals surface area contributed by atoms with E-state index in [4.69, 9.17) is 22.1 Å². The van der Waals surface area contributed by atoms with Crippen LogP contribution in [0.25, 0.3) is 10.8 Å². The van der Waals surface area contributed by atoms with Gasteiger partial charge in [0.1, 0.15) is 11.4 Å². The fraction of sp³-hybridized carbons (Fsp3) is 0.400. The quantitative estimate of drug-likeness (QED) is 0.627. The third-order valence-electron chi connectivity index (χ3n) is 7.91. The number of hydrogen-bond donors (Lipinski definition) is 2. The molecule has 2 aromatic carbocycles. The molecule has 7 rings (SSSR count). The van der Waals surface area contributed by atoms with E-state index in [-0.39, 0.29) is 16.7 Å². The molecule has 4 aliphatic carbocycles. The molecule has 1 aromatic heterocycles. The molecular formula is C25H25ClN2O2. The van der Waals surface area contributed by atoms with Crippen LogP contribution in [0.5, 0.6) is 5.75 Å². The zero-order valence-corrected chi connectivity index (χ0v) is 17.5. The summed E-state index contributed by atoms with van der Waals surface area (Å²) < 4.78 is 6.72. The van der Waals surface area contributed by atoms with Crippen molar-refractivity contribution >= 4 is 22.4 Å². The van der Waals surface area contributed by atoms with Gasteiger partial charge in [0.05, 0.1) is 5.02 Å². The summed E-state index contributed by atoms with van der Waals surface area (Å²) in [6.45, 7) is 0. The fourth-order valence-electron chi connectivity index (χ4n) is 6.79. The summed E-state index contributed by atoms with van der Waals surface area (Å²) in [4.78, 5) is 14.8. The molecule has 4 bridgehead atoms. The van der Waals surface area contributed by atoms with E-state index in [1.807, 2.05) is 12.1 Å². The van der Waals surface area contributed by atoms with Crippen molar-refractivity contribution in [3.8, 4) is 5.75 Å². The Morgan fingerprint density at radius 2 is 1.77 bits per heavy atom. The molecule has 0 radical (unpaired) electrons. The standard InChI is InChI=1S/C25H25ClN2O2/c26-21-11-20-16(6-7-28-23(20)29)10-22(21)30-24-12-15-8-18(13-24)25(27,19(9-15)14-24)17-4-2-1-3-5-17/h1-7,10-11,15,18-19H,8-9,12-14,27H2,(H,28,29). The minimum absolute atomic E-state index is 0.133. The molecule has 0 aliphatic heterocycles. The zero-order valence-electron chi connectivity index (χ0n) is 16.7. The van der Waals surface area contributed by atoms with Crippen molar-refractivity contribution in [1.82, 2.24) is 4.98 Å². The van der Waals surface area contributed by atoms with E-state index in [0.717, 1.165) is 24.6 Å². The highest BCUT2D eigenvalue weighted by molar-refractivity contribution is 6.32. The fourth-order valence-corrected chi connectivity index (χ4v) is 7.00. The van der Waals surface area contributed by atoms with E-state index >= 15 is 0 Å². The van der Waals surface area contributed by atoms with Gasteiger partial charge < -0.3 is 15.5 Å². The lowest BCUT2D eigenvalue weighted by Crippen LogP contribution is -2.67. The van der Waals surface area contributed by atoms with Crippen LogP contribution in [0.15, 0.2) is 59.5 Å². The van der Waals surface area contributed by atoms with Crippen molar-refractivity contribution in [2.24, 2.45) is 23.5 Å². The Labute approximate surface area is 180 Å². The molecule has 4 saturated carbocycles. The zero-order chi connectivity index (χ0) is 20.5. The number of aromatic amines is 1. The van der Waals surface area contributed by atoms with Gasteiger partial charge in [0, 0.05) is 17.1 Å². The van der Waals surface area contributed by atoms with Crippen LogP contribution in [0.4, 0.5) is 0 Å². The molecule has 4 fully saturated rings. The number of ether oxygens (including phenoxy) is 1. The molecule has 154 valence electrons. The first-order valence-corrected chi connectivity index (χ1v) is 11.2. The van der Waals surface area contributed by atoms with E-state index in [1.165, 1.54) is 18.4 Å². The molecule has 2 atom stereocenters. The highest BCUT2D eigenvalue weighted by Gasteiger charge is 2.62. The largest absolute Gasteiger partial charge is 0.486 e. The third kappa shape index (κ3) is 2.60. The number of nitrogens with two attached hydrogens (primary N) is 1. The first-order chi connectivity index (χ1) is 14.5. The molecule has 5 heteroatoms. The summed E-state index contributed by atoms with van der Waals surface area (Å²) in [7, 11) is 0. The van der Waals surface area contributed by atoms with Crippen LogP contribution in [0, 0.1) is 17.8 Å². The average molecular weight is 421 g/mol. The summed E-state index contributed by atoms with van der Waals surface area (Å²) in [6.07, 6.45) is 6.98. The van der Waals surface area contributed by atoms with E-state index < -0.39 is 0 Å². The number of pyridine rings is 1. The lowest BCUT2D eigenvalue weighted by Gasteiger charge is -2.63. The van der Waals surface area contributed by atoms with E-state index in [0.29, 0.717) is 33.9 Å². The summed E-state index contributed by atoms with van der Waals surface area (Å²) in [5, 5.41) is 1.93. The highest BCUT2D eigenvalue weighted by atomic mass is 35.5. The normalized spacial score (nSPS) is 34.4. The Hall–Kier alpha value is -2.30. The molecule has 3 N–H and O–H groups in total. The van der Waals surface area contributed by atoms with Gasteiger partial charge in [-0.05, 0) is 79.0 Å². The van der Waals surface area contributed by atoms with Gasteiger partial charge in [-0.25, -0.2) is 0 Å². The Bertz CT molecular complexity index is 1170. The van der Waals surface area contributed by atoms with Crippen LogP contribution in [0.1, 0.15) is 37.7 Å². The first kappa shape index (κ1) is 18.5. The number of aromatic nitrogens is 1. The molecule has 4 nitrogen and oxygen atoms in total. The molecule has 30 heavy (non-hydrogen) atoms. The van der Waals surface area contributed by atoms with Gasteiger partial charge in [0.25, 0.3) is 5.56 Å². The maximum absolute atomic E-state index is 12.1. The topological polar surface area (TPSA) is 68.1 Å². The third-order valence-corrected chi connectivity index (χ3v) is 8.21. The van der Waals surface area contributed by atoms with E-state index in [9.17, 15) is 4.79 Å². The van der Waals surface area contributed by atoms with Gasteiger partial charge in [-0.1, -0.05) is 41.9 Å². The van der Waals surface area contributed by atoms with Crippen LogP contribution in [0.2, 0.25) is 5.02 Å². The Balaban J connectivity index is 1.37. The molecule has 0 amide bonds. The average Bonchev–Trinajstić information content (AvgIpc) is 2.73.